The summed E-state index contributed by atoms with van der Waals surface area (Å²) in [5.41, 5.74) is 6.95. The molecule has 0 aliphatic heterocycles. The van der Waals surface area contributed by atoms with E-state index in [0.717, 1.165) is 20.8 Å². The molecular weight excluding hydrogens is 401 g/mol. The Hall–Kier alpha value is -1.66. The summed E-state index contributed by atoms with van der Waals surface area (Å²) < 4.78 is 1.14. The average molecular weight is 426 g/mol. The Kier molecular flexibility index (Phi) is 8.69. The molecule has 0 saturated heterocycles. The first-order valence-electron chi connectivity index (χ1n) is 8.44. The van der Waals surface area contributed by atoms with Crippen LogP contribution >= 0.6 is 36.2 Å². The molecule has 0 spiro atoms. The molecule has 0 aliphatic carbocycles. The van der Waals surface area contributed by atoms with E-state index in [9.17, 15) is 4.79 Å². The molecule has 146 valence electrons. The standard InChI is InChI=1S/C20H23N3OS.2ClH/c1-14(13-21)22-19(24)20(2,15-8-4-3-5-9-15)12-18-23-16-10-6-7-11-17(16)25-18;;/h3-11,14H,12-13,21H2,1-2H3,(H,22,24);2*1H/t14-,20?;;/m0../s1. The number of benzene rings is 2. The summed E-state index contributed by atoms with van der Waals surface area (Å²) in [5, 5.41) is 4.00. The number of nitrogens with two attached hydrogens (primary N) is 1. The number of carbonyl (C=O) groups is 1. The number of para-hydroxylation sites is 1. The van der Waals surface area contributed by atoms with Crippen molar-refractivity contribution in [2.45, 2.75) is 31.7 Å². The summed E-state index contributed by atoms with van der Waals surface area (Å²) >= 11 is 1.65. The average Bonchev–Trinajstić information content (AvgIpc) is 3.04. The molecule has 1 unspecified atom stereocenters. The Morgan fingerprint density at radius 1 is 1.15 bits per heavy atom. The van der Waals surface area contributed by atoms with E-state index in [4.69, 9.17) is 10.7 Å². The topological polar surface area (TPSA) is 68.0 Å². The minimum Gasteiger partial charge on any atom is -0.352 e. The first-order valence-corrected chi connectivity index (χ1v) is 9.25. The maximum Gasteiger partial charge on any atom is 0.231 e. The number of carbonyl (C=O) groups excluding carboxylic acids is 1. The summed E-state index contributed by atoms with van der Waals surface area (Å²) in [4.78, 5) is 17.8. The molecule has 1 heterocycles. The molecule has 7 heteroatoms. The molecule has 0 radical (unpaired) electrons. The molecule has 0 saturated carbocycles. The third kappa shape index (κ3) is 5.20. The number of nitrogens with zero attached hydrogens (tertiary/aromatic N) is 1. The lowest BCUT2D eigenvalue weighted by molar-refractivity contribution is -0.126. The van der Waals surface area contributed by atoms with Crippen LogP contribution in [0.2, 0.25) is 0 Å². The van der Waals surface area contributed by atoms with Gasteiger partial charge in [-0.15, -0.1) is 36.2 Å². The smallest absolute Gasteiger partial charge is 0.231 e. The number of aromatic nitrogens is 1. The fourth-order valence-electron chi connectivity index (χ4n) is 2.86. The van der Waals surface area contributed by atoms with Crippen LogP contribution in [-0.4, -0.2) is 23.5 Å². The quantitative estimate of drug-likeness (QED) is 0.624. The Morgan fingerprint density at radius 2 is 1.78 bits per heavy atom. The zero-order valence-corrected chi connectivity index (χ0v) is 17.8. The monoisotopic (exact) mass is 425 g/mol. The summed E-state index contributed by atoms with van der Waals surface area (Å²) in [6.07, 6.45) is 0.555. The first-order chi connectivity index (χ1) is 12.0. The normalized spacial score (nSPS) is 13.7. The lowest BCUT2D eigenvalue weighted by Crippen LogP contribution is -2.49. The summed E-state index contributed by atoms with van der Waals surface area (Å²) in [6, 6.07) is 17.9. The molecule has 0 fully saturated rings. The lowest BCUT2D eigenvalue weighted by atomic mass is 9.78. The minimum atomic E-state index is -0.696. The summed E-state index contributed by atoms with van der Waals surface area (Å²) in [7, 11) is 0. The van der Waals surface area contributed by atoms with Gasteiger partial charge in [-0.25, -0.2) is 4.98 Å². The van der Waals surface area contributed by atoms with Gasteiger partial charge in [-0.3, -0.25) is 4.79 Å². The molecule has 3 rings (SSSR count). The predicted octanol–water partition coefficient (Wildman–Crippen LogP) is 4.10. The largest absolute Gasteiger partial charge is 0.352 e. The van der Waals surface area contributed by atoms with Crippen molar-refractivity contribution in [3.8, 4) is 0 Å². The SMILES string of the molecule is C[C@@H](CN)NC(=O)C(C)(Cc1nc2ccccc2s1)c1ccccc1.Cl.Cl. The minimum absolute atomic E-state index is 0. The molecule has 2 aromatic carbocycles. The Labute approximate surface area is 176 Å². The van der Waals surface area contributed by atoms with Crippen molar-refractivity contribution in [3.05, 3.63) is 65.2 Å². The van der Waals surface area contributed by atoms with Gasteiger partial charge in [0, 0.05) is 19.0 Å². The molecule has 4 nitrogen and oxygen atoms in total. The van der Waals surface area contributed by atoms with E-state index in [1.165, 1.54) is 0 Å². The molecule has 27 heavy (non-hydrogen) atoms. The van der Waals surface area contributed by atoms with Crippen molar-refractivity contribution in [1.29, 1.82) is 0 Å². The van der Waals surface area contributed by atoms with Gasteiger partial charge in [-0.05, 0) is 31.5 Å². The van der Waals surface area contributed by atoms with Crippen LogP contribution in [0.1, 0.15) is 24.4 Å². The number of halogens is 2. The molecule has 3 aromatic rings. The second kappa shape index (κ2) is 10.0. The van der Waals surface area contributed by atoms with E-state index in [-0.39, 0.29) is 36.8 Å². The van der Waals surface area contributed by atoms with E-state index in [0.29, 0.717) is 13.0 Å². The van der Waals surface area contributed by atoms with Crippen LogP contribution in [0.3, 0.4) is 0 Å². The predicted molar refractivity (Wildman–Crippen MR) is 118 cm³/mol. The molecule has 3 N–H and O–H groups in total. The van der Waals surface area contributed by atoms with Crippen molar-refractivity contribution < 1.29 is 4.79 Å². The number of nitrogens with one attached hydrogen (secondary N) is 1. The zero-order chi connectivity index (χ0) is 17.9. The fourth-order valence-corrected chi connectivity index (χ4v) is 3.98. The summed E-state index contributed by atoms with van der Waals surface area (Å²) in [5.74, 6) is -0.0177. The van der Waals surface area contributed by atoms with E-state index >= 15 is 0 Å². The van der Waals surface area contributed by atoms with Gasteiger partial charge in [0.15, 0.2) is 0 Å². The Balaban J connectivity index is 0.00000182. The molecular formula is C20H25Cl2N3OS. The van der Waals surface area contributed by atoms with Crippen LogP contribution in [0, 0.1) is 0 Å². The molecule has 0 aliphatic rings. The first kappa shape index (κ1) is 23.4. The highest BCUT2D eigenvalue weighted by Gasteiger charge is 2.36. The molecule has 1 aromatic heterocycles. The van der Waals surface area contributed by atoms with Gasteiger partial charge >= 0.3 is 0 Å². The zero-order valence-electron chi connectivity index (χ0n) is 15.3. The molecule has 2 atom stereocenters. The van der Waals surface area contributed by atoms with Crippen LogP contribution < -0.4 is 11.1 Å². The van der Waals surface area contributed by atoms with E-state index in [1.807, 2.05) is 62.4 Å². The number of rotatable bonds is 6. The third-order valence-electron chi connectivity index (χ3n) is 4.49. The van der Waals surface area contributed by atoms with Crippen molar-refractivity contribution in [1.82, 2.24) is 10.3 Å². The van der Waals surface area contributed by atoms with Crippen molar-refractivity contribution >= 4 is 52.3 Å². The fraction of sp³-hybridized carbons (Fsp3) is 0.300. The van der Waals surface area contributed by atoms with E-state index in [1.54, 1.807) is 11.3 Å². The van der Waals surface area contributed by atoms with Gasteiger partial charge in [0.2, 0.25) is 5.91 Å². The van der Waals surface area contributed by atoms with Crippen LogP contribution in [-0.2, 0) is 16.6 Å². The van der Waals surface area contributed by atoms with Crippen LogP contribution in [0.4, 0.5) is 0 Å². The molecule has 0 bridgehead atoms. The number of hydrogen-bond acceptors (Lipinski definition) is 4. The summed E-state index contributed by atoms with van der Waals surface area (Å²) in [6.45, 7) is 4.31. The second-order valence-electron chi connectivity index (χ2n) is 6.56. The van der Waals surface area contributed by atoms with Gasteiger partial charge in [0.05, 0.1) is 20.6 Å². The van der Waals surface area contributed by atoms with Crippen LogP contribution in [0.5, 0.6) is 0 Å². The van der Waals surface area contributed by atoms with E-state index < -0.39 is 5.41 Å². The highest BCUT2D eigenvalue weighted by atomic mass is 35.5. The van der Waals surface area contributed by atoms with Crippen molar-refractivity contribution in [3.63, 3.8) is 0 Å². The van der Waals surface area contributed by atoms with Gasteiger partial charge in [-0.1, -0.05) is 42.5 Å². The highest BCUT2D eigenvalue weighted by molar-refractivity contribution is 7.18. The Morgan fingerprint density at radius 3 is 2.41 bits per heavy atom. The van der Waals surface area contributed by atoms with Crippen LogP contribution in [0.15, 0.2) is 54.6 Å². The third-order valence-corrected chi connectivity index (χ3v) is 5.52. The van der Waals surface area contributed by atoms with Gasteiger partial charge < -0.3 is 11.1 Å². The maximum atomic E-state index is 13.1. The highest BCUT2D eigenvalue weighted by Crippen LogP contribution is 2.32. The van der Waals surface area contributed by atoms with Crippen molar-refractivity contribution in [2.75, 3.05) is 6.54 Å². The molecule has 1 amide bonds. The Bertz CT molecular complexity index is 839. The number of fused-ring (bicyclic) bond motifs is 1. The van der Waals surface area contributed by atoms with Gasteiger partial charge in [0.25, 0.3) is 0 Å². The maximum absolute atomic E-state index is 13.1. The van der Waals surface area contributed by atoms with Crippen molar-refractivity contribution in [2.24, 2.45) is 5.73 Å². The van der Waals surface area contributed by atoms with E-state index in [2.05, 4.69) is 11.4 Å². The van der Waals surface area contributed by atoms with Crippen LogP contribution in [0.25, 0.3) is 10.2 Å². The number of hydrogen-bond donors (Lipinski definition) is 2. The van der Waals surface area contributed by atoms with Gasteiger partial charge in [0.1, 0.15) is 0 Å². The van der Waals surface area contributed by atoms with Gasteiger partial charge in [-0.2, -0.15) is 0 Å². The second-order valence-corrected chi connectivity index (χ2v) is 7.68. The number of amides is 1. The number of thiazole rings is 1. The lowest BCUT2D eigenvalue weighted by Gasteiger charge is -2.29.